The van der Waals surface area contributed by atoms with Gasteiger partial charge in [0.05, 0.1) is 12.1 Å². The highest BCUT2D eigenvalue weighted by atomic mass is 35.5. The van der Waals surface area contributed by atoms with E-state index in [1.54, 1.807) is 0 Å². The van der Waals surface area contributed by atoms with Gasteiger partial charge >= 0.3 is 0 Å². The maximum Gasteiger partial charge on any atom is 0.190 e. The van der Waals surface area contributed by atoms with Gasteiger partial charge in [0.1, 0.15) is 5.82 Å². The highest BCUT2D eigenvalue weighted by molar-refractivity contribution is 7.99. The number of rotatable bonds is 5. The first-order valence-electron chi connectivity index (χ1n) is 8.20. The lowest BCUT2D eigenvalue weighted by Gasteiger charge is -2.24. The first kappa shape index (κ1) is 15.5. The molecule has 3 unspecified atom stereocenters. The first-order chi connectivity index (χ1) is 11.2. The monoisotopic (exact) mass is 349 g/mol. The number of hydrogen-bond acceptors (Lipinski definition) is 5. The molecule has 2 fully saturated rings. The van der Waals surface area contributed by atoms with Crippen LogP contribution in [0.25, 0.3) is 10.9 Å². The third kappa shape index (κ3) is 3.14. The molecule has 2 aromatic rings. The predicted octanol–water partition coefficient (Wildman–Crippen LogP) is 3.97. The van der Waals surface area contributed by atoms with E-state index in [0.29, 0.717) is 22.0 Å². The van der Waals surface area contributed by atoms with E-state index in [0.717, 1.165) is 28.6 Å². The number of nitrogens with one attached hydrogen (secondary N) is 1. The number of thioether (sulfide) groups is 1. The molecular weight excluding hydrogens is 330 g/mol. The quantitative estimate of drug-likeness (QED) is 0.632. The third-order valence-corrected chi connectivity index (χ3v) is 6.08. The Morgan fingerprint density at radius 1 is 1.26 bits per heavy atom. The first-order valence-corrected chi connectivity index (χ1v) is 9.57. The molecule has 1 aromatic heterocycles. The zero-order chi connectivity index (χ0) is 15.8. The normalized spacial score (nSPS) is 26.1. The molecule has 0 spiro atoms. The smallest absolute Gasteiger partial charge is 0.190 e. The Morgan fingerprint density at radius 2 is 2.17 bits per heavy atom. The molecule has 4 rings (SSSR count). The zero-order valence-electron chi connectivity index (χ0n) is 12.8. The van der Waals surface area contributed by atoms with Crippen molar-refractivity contribution in [3.63, 3.8) is 0 Å². The second-order valence-corrected chi connectivity index (χ2v) is 8.01. The lowest BCUT2D eigenvalue weighted by Crippen LogP contribution is -2.26. The second kappa shape index (κ2) is 6.46. The largest absolute Gasteiger partial charge is 0.396 e. The molecule has 1 aromatic carbocycles. The Hall–Kier alpha value is -1.04. The summed E-state index contributed by atoms with van der Waals surface area (Å²) < 4.78 is 0. The van der Waals surface area contributed by atoms with Crippen LogP contribution in [-0.4, -0.2) is 33.5 Å². The summed E-state index contributed by atoms with van der Waals surface area (Å²) in [5.74, 6) is 3.15. The van der Waals surface area contributed by atoms with Crippen molar-refractivity contribution in [2.75, 3.05) is 17.7 Å². The van der Waals surface area contributed by atoms with Crippen molar-refractivity contribution < 1.29 is 5.11 Å². The summed E-state index contributed by atoms with van der Waals surface area (Å²) in [6, 6.07) is 6.25. The number of aliphatic hydroxyl groups excluding tert-OH is 1. The Kier molecular flexibility index (Phi) is 4.35. The van der Waals surface area contributed by atoms with Gasteiger partial charge in [-0.1, -0.05) is 29.8 Å². The fourth-order valence-corrected chi connectivity index (χ4v) is 4.75. The number of aliphatic hydroxyl groups is 1. The molecule has 2 saturated carbocycles. The minimum atomic E-state index is 0.127. The van der Waals surface area contributed by atoms with Gasteiger partial charge in [0, 0.05) is 22.2 Å². The molecule has 122 valence electrons. The summed E-state index contributed by atoms with van der Waals surface area (Å²) in [6.45, 7) is 0.127. The molecule has 2 aliphatic carbocycles. The number of nitrogens with zero attached hydrogens (tertiary/aromatic N) is 2. The fourth-order valence-electron chi connectivity index (χ4n) is 3.99. The van der Waals surface area contributed by atoms with Gasteiger partial charge in [0.25, 0.3) is 0 Å². The van der Waals surface area contributed by atoms with Gasteiger partial charge in [-0.2, -0.15) is 0 Å². The average Bonchev–Trinajstić information content (AvgIpc) is 3.16. The standard InChI is InChI=1S/C17H20ClN3OS/c18-12-3-4-14-13(9-12)16(21-17(20-14)23-6-5-22)19-15-8-10-1-2-11(15)7-10/h3-4,9-11,15,22H,1-2,5-8H2,(H,19,20,21). The molecule has 23 heavy (non-hydrogen) atoms. The van der Waals surface area contributed by atoms with Crippen LogP contribution < -0.4 is 5.32 Å². The molecule has 0 aliphatic heterocycles. The van der Waals surface area contributed by atoms with Crippen LogP contribution >= 0.6 is 23.4 Å². The summed E-state index contributed by atoms with van der Waals surface area (Å²) in [5, 5.41) is 15.1. The Bertz CT molecular complexity index is 726. The van der Waals surface area contributed by atoms with E-state index in [2.05, 4.69) is 10.3 Å². The van der Waals surface area contributed by atoms with Gasteiger partial charge in [-0.3, -0.25) is 0 Å². The van der Waals surface area contributed by atoms with E-state index in [-0.39, 0.29) is 6.61 Å². The van der Waals surface area contributed by atoms with E-state index in [1.807, 2.05) is 18.2 Å². The van der Waals surface area contributed by atoms with E-state index in [4.69, 9.17) is 21.7 Å². The molecule has 0 radical (unpaired) electrons. The lowest BCUT2D eigenvalue weighted by molar-refractivity contribution is 0.322. The van der Waals surface area contributed by atoms with Crippen LogP contribution in [0, 0.1) is 11.8 Å². The van der Waals surface area contributed by atoms with Crippen molar-refractivity contribution in [3.8, 4) is 0 Å². The van der Waals surface area contributed by atoms with Crippen molar-refractivity contribution in [2.45, 2.75) is 36.9 Å². The van der Waals surface area contributed by atoms with E-state index >= 15 is 0 Å². The van der Waals surface area contributed by atoms with Crippen molar-refractivity contribution in [3.05, 3.63) is 23.2 Å². The van der Waals surface area contributed by atoms with Crippen molar-refractivity contribution in [1.82, 2.24) is 9.97 Å². The van der Waals surface area contributed by atoms with Crippen molar-refractivity contribution in [2.24, 2.45) is 11.8 Å². The average molecular weight is 350 g/mol. The van der Waals surface area contributed by atoms with Gasteiger partial charge in [-0.15, -0.1) is 0 Å². The zero-order valence-corrected chi connectivity index (χ0v) is 14.4. The van der Waals surface area contributed by atoms with Crippen molar-refractivity contribution in [1.29, 1.82) is 0 Å². The molecule has 6 heteroatoms. The summed E-state index contributed by atoms with van der Waals surface area (Å²) in [7, 11) is 0. The number of benzene rings is 1. The number of hydrogen-bond donors (Lipinski definition) is 2. The summed E-state index contributed by atoms with van der Waals surface area (Å²) >= 11 is 7.65. The molecule has 2 bridgehead atoms. The number of anilines is 1. The Balaban J connectivity index is 1.68. The summed E-state index contributed by atoms with van der Waals surface area (Å²) in [4.78, 5) is 9.28. The highest BCUT2D eigenvalue weighted by Gasteiger charge is 2.39. The lowest BCUT2D eigenvalue weighted by atomic mass is 9.95. The van der Waals surface area contributed by atoms with Crippen molar-refractivity contribution >= 4 is 40.1 Å². The molecular formula is C17H20ClN3OS. The molecule has 4 nitrogen and oxygen atoms in total. The van der Waals surface area contributed by atoms with Crippen LogP contribution in [0.4, 0.5) is 5.82 Å². The maximum absolute atomic E-state index is 9.04. The van der Waals surface area contributed by atoms with Gasteiger partial charge in [-0.05, 0) is 49.3 Å². The number of halogens is 1. The second-order valence-electron chi connectivity index (χ2n) is 6.51. The van der Waals surface area contributed by atoms with Gasteiger partial charge in [0.15, 0.2) is 5.16 Å². The van der Waals surface area contributed by atoms with E-state index in [9.17, 15) is 0 Å². The molecule has 1 heterocycles. The maximum atomic E-state index is 9.04. The highest BCUT2D eigenvalue weighted by Crippen LogP contribution is 2.45. The topological polar surface area (TPSA) is 58.0 Å². The summed E-state index contributed by atoms with van der Waals surface area (Å²) in [5.41, 5.74) is 0.899. The van der Waals surface area contributed by atoms with Crippen LogP contribution in [0.3, 0.4) is 0 Å². The van der Waals surface area contributed by atoms with Crippen LogP contribution in [0.1, 0.15) is 25.7 Å². The molecule has 2 N–H and O–H groups in total. The Labute approximate surface area is 145 Å². The molecule has 0 saturated heterocycles. The summed E-state index contributed by atoms with van der Waals surface area (Å²) in [6.07, 6.45) is 5.32. The molecule has 0 amide bonds. The van der Waals surface area contributed by atoms with Gasteiger partial charge < -0.3 is 10.4 Å². The molecule has 2 aliphatic rings. The van der Waals surface area contributed by atoms with Gasteiger partial charge in [-0.25, -0.2) is 9.97 Å². The number of aromatic nitrogens is 2. The van der Waals surface area contributed by atoms with Crippen LogP contribution in [0.2, 0.25) is 5.02 Å². The minimum Gasteiger partial charge on any atom is -0.396 e. The predicted molar refractivity (Wildman–Crippen MR) is 95.2 cm³/mol. The Morgan fingerprint density at radius 3 is 2.91 bits per heavy atom. The number of fused-ring (bicyclic) bond motifs is 3. The van der Waals surface area contributed by atoms with Gasteiger partial charge in [0.2, 0.25) is 0 Å². The third-order valence-electron chi connectivity index (χ3n) is 5.02. The van der Waals surface area contributed by atoms with E-state index in [1.165, 1.54) is 37.4 Å². The minimum absolute atomic E-state index is 0.127. The SMILES string of the molecule is OCCSc1nc(NC2CC3CCC2C3)c2cc(Cl)ccc2n1. The fraction of sp³-hybridized carbons (Fsp3) is 0.529. The van der Waals surface area contributed by atoms with Crippen LogP contribution in [0.15, 0.2) is 23.4 Å². The van der Waals surface area contributed by atoms with E-state index < -0.39 is 0 Å². The van der Waals surface area contributed by atoms with Crippen LogP contribution in [-0.2, 0) is 0 Å². The molecule has 3 atom stereocenters. The van der Waals surface area contributed by atoms with Crippen LogP contribution in [0.5, 0.6) is 0 Å².